The molecule has 2 heterocycles. The molecule has 0 fully saturated rings. The maximum Gasteiger partial charge on any atom is 0.273 e. The molecule has 0 aliphatic carbocycles. The Morgan fingerprint density at radius 2 is 2.00 bits per heavy atom. The molecule has 2 aliphatic rings. The van der Waals surface area contributed by atoms with E-state index in [2.05, 4.69) is 21.3 Å². The summed E-state index contributed by atoms with van der Waals surface area (Å²) in [5.41, 5.74) is 5.68. The highest BCUT2D eigenvalue weighted by Crippen LogP contribution is 2.07. The second-order valence-electron chi connectivity index (χ2n) is 2.54. The molecule has 1 amide bonds. The molecule has 2 rings (SSSR count). The van der Waals surface area contributed by atoms with Crippen LogP contribution in [0.15, 0.2) is 11.5 Å². The lowest BCUT2D eigenvalue weighted by atomic mass is 10.3. The van der Waals surface area contributed by atoms with Gasteiger partial charge < -0.3 is 26.4 Å². The molecular weight excluding hydrogens is 162 g/mol. The van der Waals surface area contributed by atoms with Gasteiger partial charge in [0.05, 0.1) is 0 Å². The summed E-state index contributed by atoms with van der Waals surface area (Å²) < 4.78 is 0. The van der Waals surface area contributed by atoms with Gasteiger partial charge in [0.1, 0.15) is 11.5 Å². The van der Waals surface area contributed by atoms with Gasteiger partial charge in [-0.2, -0.15) is 0 Å². The molecule has 0 saturated carbocycles. The lowest BCUT2D eigenvalue weighted by Crippen LogP contribution is -2.57. The van der Waals surface area contributed by atoms with E-state index in [4.69, 9.17) is 10.8 Å². The van der Waals surface area contributed by atoms with E-state index in [1.54, 1.807) is 0 Å². The number of aliphatic hydroxyl groups excluding tert-OH is 1. The first kappa shape index (κ1) is 7.19. The minimum absolute atomic E-state index is 0.282. The van der Waals surface area contributed by atoms with Gasteiger partial charge in [-0.3, -0.25) is 10.5 Å². The number of nitrogens with two attached hydrogens (primary N) is 1. The fourth-order valence-electron chi connectivity index (χ4n) is 1.15. The van der Waals surface area contributed by atoms with Crippen LogP contribution in [0.4, 0.5) is 0 Å². The highest BCUT2D eigenvalue weighted by molar-refractivity contribution is 5.94. The largest absolute Gasteiger partial charge is 0.357 e. The van der Waals surface area contributed by atoms with Gasteiger partial charge in [0.2, 0.25) is 6.35 Å². The maximum absolute atomic E-state index is 11.1. The molecule has 0 aromatic carbocycles. The van der Waals surface area contributed by atoms with Gasteiger partial charge >= 0.3 is 0 Å². The van der Waals surface area contributed by atoms with Crippen molar-refractivity contribution in [3.8, 4) is 0 Å². The number of carbonyl (C=O) groups excluding carboxylic acids is 1. The molecule has 7 N–H and O–H groups in total. The molecule has 2 aliphatic heterocycles. The van der Waals surface area contributed by atoms with Crippen LogP contribution in [0, 0.1) is 0 Å². The first-order valence-electron chi connectivity index (χ1n) is 3.45. The van der Waals surface area contributed by atoms with Crippen LogP contribution in [0.25, 0.3) is 0 Å². The van der Waals surface area contributed by atoms with E-state index in [9.17, 15) is 4.79 Å². The van der Waals surface area contributed by atoms with Crippen LogP contribution in [0.5, 0.6) is 0 Å². The molecule has 7 nitrogen and oxygen atoms in total. The predicted molar refractivity (Wildman–Crippen MR) is 38.6 cm³/mol. The summed E-state index contributed by atoms with van der Waals surface area (Å²) in [6.45, 7) is 0. The first-order chi connectivity index (χ1) is 5.66. The Hall–Kier alpha value is -1.47. The monoisotopic (exact) mass is 171 g/mol. The number of nitrogens with one attached hydrogen (secondary N) is 4. The van der Waals surface area contributed by atoms with Crippen LogP contribution < -0.4 is 27.0 Å². The summed E-state index contributed by atoms with van der Waals surface area (Å²) in [6, 6.07) is 0. The van der Waals surface area contributed by atoms with Gasteiger partial charge in [-0.05, 0) is 0 Å². The lowest BCUT2D eigenvalue weighted by molar-refractivity contribution is -0.119. The van der Waals surface area contributed by atoms with Crippen molar-refractivity contribution in [2.75, 3.05) is 0 Å². The number of amides is 1. The average Bonchev–Trinajstić information content (AvgIpc) is 2.29. The van der Waals surface area contributed by atoms with Crippen molar-refractivity contribution in [3.63, 3.8) is 0 Å². The Bertz CT molecular complexity index is 263. The maximum atomic E-state index is 11.1. The van der Waals surface area contributed by atoms with E-state index in [1.807, 2.05) is 0 Å². The van der Waals surface area contributed by atoms with Gasteiger partial charge in [-0.1, -0.05) is 0 Å². The van der Waals surface area contributed by atoms with Crippen molar-refractivity contribution in [2.24, 2.45) is 5.73 Å². The van der Waals surface area contributed by atoms with Crippen LogP contribution in [0.1, 0.15) is 0 Å². The summed E-state index contributed by atoms with van der Waals surface area (Å²) in [5.74, 6) is 0.0963. The third-order valence-electron chi connectivity index (χ3n) is 1.63. The van der Waals surface area contributed by atoms with Crippen molar-refractivity contribution in [2.45, 2.75) is 12.6 Å². The van der Waals surface area contributed by atoms with Crippen LogP contribution in [-0.4, -0.2) is 23.7 Å². The molecule has 66 valence electrons. The Kier molecular flexibility index (Phi) is 1.35. The fraction of sp³-hybridized carbons (Fsp3) is 0.400. The zero-order valence-electron chi connectivity index (χ0n) is 6.09. The van der Waals surface area contributed by atoms with Gasteiger partial charge in [0.15, 0.2) is 6.29 Å². The predicted octanol–water partition coefficient (Wildman–Crippen LogP) is -3.41. The summed E-state index contributed by atoms with van der Waals surface area (Å²) in [7, 11) is 0. The highest BCUT2D eigenvalue weighted by atomic mass is 16.3. The van der Waals surface area contributed by atoms with Gasteiger partial charge in [-0.25, -0.2) is 0 Å². The average molecular weight is 171 g/mol. The molecular formula is C5H9N5O2. The summed E-state index contributed by atoms with van der Waals surface area (Å²) in [5, 5.41) is 19.3. The molecule has 2 atom stereocenters. The summed E-state index contributed by atoms with van der Waals surface area (Å²) >= 11 is 0. The normalized spacial score (nSPS) is 33.0. The van der Waals surface area contributed by atoms with E-state index in [-0.39, 0.29) is 11.6 Å². The molecule has 0 radical (unpaired) electrons. The van der Waals surface area contributed by atoms with E-state index in [0.717, 1.165) is 0 Å². The van der Waals surface area contributed by atoms with Gasteiger partial charge in [0, 0.05) is 0 Å². The quantitative estimate of drug-likeness (QED) is 0.226. The number of carbonyl (C=O) groups is 1. The molecule has 0 spiro atoms. The van der Waals surface area contributed by atoms with Crippen LogP contribution in [-0.2, 0) is 4.79 Å². The second-order valence-corrected chi connectivity index (χ2v) is 2.54. The Labute approximate surface area is 68.0 Å². The summed E-state index contributed by atoms with van der Waals surface area (Å²) in [6.07, 6.45) is -1.55. The Morgan fingerprint density at radius 1 is 1.25 bits per heavy atom. The van der Waals surface area contributed by atoms with Crippen LogP contribution in [0.3, 0.4) is 0 Å². The molecule has 7 heteroatoms. The third-order valence-corrected chi connectivity index (χ3v) is 1.63. The van der Waals surface area contributed by atoms with E-state index in [1.165, 1.54) is 0 Å². The van der Waals surface area contributed by atoms with Crippen molar-refractivity contribution in [3.05, 3.63) is 11.5 Å². The molecule has 2 unspecified atom stereocenters. The minimum atomic E-state index is -0.932. The lowest BCUT2D eigenvalue weighted by Gasteiger charge is -2.22. The van der Waals surface area contributed by atoms with Crippen LogP contribution in [0.2, 0.25) is 0 Å². The topological polar surface area (TPSA) is 111 Å². The Balaban J connectivity index is 2.24. The standard InChI is InChI=1S/C5H9N5O2/c6-4-8-2-1(3(11)10-4)7-5(12)9-2/h4-5,7-9,12H,6H2,(H,10,11). The molecule has 0 aromatic rings. The summed E-state index contributed by atoms with van der Waals surface area (Å²) in [4.78, 5) is 11.1. The third kappa shape index (κ3) is 0.953. The van der Waals surface area contributed by atoms with E-state index >= 15 is 0 Å². The van der Waals surface area contributed by atoms with Crippen molar-refractivity contribution < 1.29 is 9.90 Å². The van der Waals surface area contributed by atoms with Crippen molar-refractivity contribution in [1.82, 2.24) is 21.3 Å². The Morgan fingerprint density at radius 3 is 2.75 bits per heavy atom. The zero-order chi connectivity index (χ0) is 8.72. The number of rotatable bonds is 0. The molecule has 0 bridgehead atoms. The minimum Gasteiger partial charge on any atom is -0.357 e. The molecule has 0 saturated heterocycles. The van der Waals surface area contributed by atoms with E-state index < -0.39 is 12.6 Å². The molecule has 12 heavy (non-hydrogen) atoms. The second kappa shape index (κ2) is 2.26. The fourth-order valence-corrected chi connectivity index (χ4v) is 1.15. The number of hydrogen-bond acceptors (Lipinski definition) is 6. The highest BCUT2D eigenvalue weighted by Gasteiger charge is 2.31. The SMILES string of the molecule is NC1NC(=O)C2=C(N1)NC(O)N2. The number of aliphatic hydroxyl groups is 1. The first-order valence-corrected chi connectivity index (χ1v) is 3.45. The van der Waals surface area contributed by atoms with Crippen molar-refractivity contribution in [1.29, 1.82) is 0 Å². The van der Waals surface area contributed by atoms with Gasteiger partial charge in [-0.15, -0.1) is 0 Å². The number of hydrogen-bond donors (Lipinski definition) is 6. The van der Waals surface area contributed by atoms with Crippen molar-refractivity contribution >= 4 is 5.91 Å². The van der Waals surface area contributed by atoms with E-state index in [0.29, 0.717) is 5.82 Å². The zero-order valence-corrected chi connectivity index (χ0v) is 6.09. The molecule has 0 aromatic heterocycles. The van der Waals surface area contributed by atoms with Gasteiger partial charge in [0.25, 0.3) is 5.91 Å². The van der Waals surface area contributed by atoms with Crippen LogP contribution >= 0.6 is 0 Å². The smallest absolute Gasteiger partial charge is 0.273 e.